The average Bonchev–Trinajstić information content (AvgIpc) is 2.17. The third-order valence-electron chi connectivity index (χ3n) is 2.06. The van der Waals surface area contributed by atoms with Crippen molar-refractivity contribution in [2.75, 3.05) is 0 Å². The molecule has 2 nitrogen and oxygen atoms in total. The number of fused-ring (bicyclic) bond motifs is 1. The highest BCUT2D eigenvalue weighted by Crippen LogP contribution is 2.15. The third kappa shape index (κ3) is 1.93. The van der Waals surface area contributed by atoms with Gasteiger partial charge in [-0.25, -0.2) is 8.42 Å². The van der Waals surface area contributed by atoms with Gasteiger partial charge in [0, 0.05) is 0 Å². The molecule has 1 radical (unpaired) electrons. The van der Waals surface area contributed by atoms with Crippen LogP contribution in [0.4, 0.5) is 0 Å². The smallest absolute Gasteiger partial charge is 0.144 e. The maximum absolute atomic E-state index is 10.5. The molecule has 0 unspecified atom stereocenters. The Hall–Kier alpha value is -1.35. The Labute approximate surface area is 84.1 Å². The van der Waals surface area contributed by atoms with E-state index < -0.39 is 10.7 Å². The fourth-order valence-electron chi connectivity index (χ4n) is 1.42. The van der Waals surface area contributed by atoms with E-state index in [4.69, 9.17) is 0 Å². The van der Waals surface area contributed by atoms with Crippen LogP contribution in [0.25, 0.3) is 10.8 Å². The Kier molecular flexibility index (Phi) is 2.50. The summed E-state index contributed by atoms with van der Waals surface area (Å²) in [6.07, 6.45) is 0. The topological polar surface area (TPSA) is 34.1 Å². The van der Waals surface area contributed by atoms with E-state index in [0.717, 1.165) is 16.3 Å². The van der Waals surface area contributed by atoms with Gasteiger partial charge in [-0.2, -0.15) is 0 Å². The van der Waals surface area contributed by atoms with Gasteiger partial charge in [-0.1, -0.05) is 30.3 Å². The molecule has 0 aliphatic rings. The second-order valence-corrected chi connectivity index (χ2v) is 4.08. The lowest BCUT2D eigenvalue weighted by atomic mass is 10.1. The van der Waals surface area contributed by atoms with Gasteiger partial charge in [0.1, 0.15) is 10.7 Å². The fraction of sp³-hybridized carbons (Fsp3) is 0.0909. The molecule has 0 N–H and O–H groups in total. The lowest BCUT2D eigenvalue weighted by molar-refractivity contribution is 0.614. The summed E-state index contributed by atoms with van der Waals surface area (Å²) in [6, 6.07) is 14.3. The molecule has 14 heavy (non-hydrogen) atoms. The van der Waals surface area contributed by atoms with Crippen molar-refractivity contribution >= 4 is 21.5 Å². The van der Waals surface area contributed by atoms with Gasteiger partial charge in [0.2, 0.25) is 0 Å². The van der Waals surface area contributed by atoms with Crippen LogP contribution in [-0.2, 0) is 16.5 Å². The molecule has 0 heterocycles. The predicted octanol–water partition coefficient (Wildman–Crippen LogP) is 1.75. The molecular formula is C11H9O2S. The highest BCUT2D eigenvalue weighted by Gasteiger charge is 1.96. The minimum Gasteiger partial charge on any atom is -0.232 e. The van der Waals surface area contributed by atoms with Crippen molar-refractivity contribution in [3.8, 4) is 0 Å². The monoisotopic (exact) mass is 205 g/mol. The van der Waals surface area contributed by atoms with E-state index in [0.29, 0.717) is 0 Å². The zero-order chi connectivity index (χ0) is 9.97. The van der Waals surface area contributed by atoms with Gasteiger partial charge in [0.15, 0.2) is 0 Å². The van der Waals surface area contributed by atoms with Gasteiger partial charge >= 0.3 is 0 Å². The Morgan fingerprint density at radius 2 is 2.00 bits per heavy atom. The van der Waals surface area contributed by atoms with Gasteiger partial charge in [-0.05, 0) is 28.5 Å². The normalized spacial score (nSPS) is 10.9. The molecule has 2 rings (SSSR count). The predicted molar refractivity (Wildman–Crippen MR) is 56.8 cm³/mol. The first-order chi connectivity index (χ1) is 6.75. The van der Waals surface area contributed by atoms with Crippen molar-refractivity contribution in [1.82, 2.24) is 0 Å². The molecule has 0 amide bonds. The van der Waals surface area contributed by atoms with Gasteiger partial charge < -0.3 is 0 Å². The quantitative estimate of drug-likeness (QED) is 0.758. The van der Waals surface area contributed by atoms with Crippen molar-refractivity contribution in [1.29, 1.82) is 0 Å². The van der Waals surface area contributed by atoms with Crippen LogP contribution in [0.3, 0.4) is 0 Å². The van der Waals surface area contributed by atoms with Crippen molar-refractivity contribution in [2.24, 2.45) is 0 Å². The SMILES string of the molecule is O=[SH](=O)Cc1ccc2c[c]ccc2c1. The van der Waals surface area contributed by atoms with E-state index >= 15 is 0 Å². The summed E-state index contributed by atoms with van der Waals surface area (Å²) in [5.74, 6) is 0.115. The molecule has 2 aromatic rings. The molecule has 0 bridgehead atoms. The maximum Gasteiger partial charge on any atom is 0.144 e. The van der Waals surface area contributed by atoms with Crippen LogP contribution in [0, 0.1) is 6.07 Å². The van der Waals surface area contributed by atoms with Crippen LogP contribution in [0.15, 0.2) is 36.4 Å². The van der Waals surface area contributed by atoms with Crippen LogP contribution in [-0.4, -0.2) is 8.42 Å². The van der Waals surface area contributed by atoms with Crippen LogP contribution < -0.4 is 0 Å². The number of hydrogen-bond acceptors (Lipinski definition) is 2. The summed E-state index contributed by atoms with van der Waals surface area (Å²) in [7, 11) is -2.34. The van der Waals surface area contributed by atoms with Crippen LogP contribution in [0.1, 0.15) is 5.56 Å². The lowest BCUT2D eigenvalue weighted by Gasteiger charge is -1.99. The van der Waals surface area contributed by atoms with Crippen molar-refractivity contribution in [3.63, 3.8) is 0 Å². The lowest BCUT2D eigenvalue weighted by Crippen LogP contribution is -1.86. The van der Waals surface area contributed by atoms with Gasteiger partial charge in [0.05, 0.1) is 5.75 Å². The molecule has 0 aliphatic heterocycles. The summed E-state index contributed by atoms with van der Waals surface area (Å²) in [6.45, 7) is 0. The number of rotatable bonds is 2. The number of thiol groups is 1. The van der Waals surface area contributed by atoms with E-state index in [2.05, 4.69) is 6.07 Å². The van der Waals surface area contributed by atoms with E-state index in [1.807, 2.05) is 36.4 Å². The van der Waals surface area contributed by atoms with Gasteiger partial charge in [-0.15, -0.1) is 0 Å². The largest absolute Gasteiger partial charge is 0.232 e. The molecule has 0 atom stereocenters. The summed E-state index contributed by atoms with van der Waals surface area (Å²) >= 11 is 0. The number of benzene rings is 2. The second kappa shape index (κ2) is 3.80. The summed E-state index contributed by atoms with van der Waals surface area (Å²) < 4.78 is 21.1. The standard InChI is InChI=1S/C11H9O2S/c12-14(13)8-9-5-6-10-3-1-2-4-11(10)7-9/h2-7,14H,8H2. The van der Waals surface area contributed by atoms with E-state index in [9.17, 15) is 8.42 Å². The first-order valence-electron chi connectivity index (χ1n) is 4.26. The maximum atomic E-state index is 10.5. The van der Waals surface area contributed by atoms with Crippen molar-refractivity contribution in [2.45, 2.75) is 5.75 Å². The molecule has 0 spiro atoms. The second-order valence-electron chi connectivity index (χ2n) is 3.10. The van der Waals surface area contributed by atoms with Crippen molar-refractivity contribution in [3.05, 3.63) is 48.0 Å². The van der Waals surface area contributed by atoms with Gasteiger partial charge in [0.25, 0.3) is 0 Å². The minimum atomic E-state index is -2.34. The van der Waals surface area contributed by atoms with E-state index in [-0.39, 0.29) is 5.75 Å². The zero-order valence-electron chi connectivity index (χ0n) is 7.43. The molecule has 0 saturated heterocycles. The van der Waals surface area contributed by atoms with Gasteiger partial charge in [-0.3, -0.25) is 0 Å². The molecule has 3 heteroatoms. The Morgan fingerprint density at radius 1 is 1.14 bits per heavy atom. The van der Waals surface area contributed by atoms with Crippen LogP contribution >= 0.6 is 0 Å². The Morgan fingerprint density at radius 3 is 2.79 bits per heavy atom. The molecule has 0 aromatic heterocycles. The summed E-state index contributed by atoms with van der Waals surface area (Å²) in [4.78, 5) is 0. The minimum absolute atomic E-state index is 0.115. The van der Waals surface area contributed by atoms with E-state index in [1.165, 1.54) is 0 Å². The molecule has 0 fully saturated rings. The number of hydrogen-bond donors (Lipinski definition) is 1. The first kappa shape index (κ1) is 9.21. The summed E-state index contributed by atoms with van der Waals surface area (Å²) in [5, 5.41) is 2.13. The van der Waals surface area contributed by atoms with Crippen molar-refractivity contribution < 1.29 is 8.42 Å². The molecule has 71 valence electrons. The van der Waals surface area contributed by atoms with Crippen LogP contribution in [0.2, 0.25) is 0 Å². The molecule has 2 aromatic carbocycles. The Bertz CT molecular complexity index is 522. The third-order valence-corrected chi connectivity index (χ3v) is 2.68. The zero-order valence-corrected chi connectivity index (χ0v) is 8.33. The van der Waals surface area contributed by atoms with Crippen LogP contribution in [0.5, 0.6) is 0 Å². The first-order valence-corrected chi connectivity index (χ1v) is 5.62. The fourth-order valence-corrected chi connectivity index (χ4v) is 1.92. The Balaban J connectivity index is 2.51. The molecule has 0 aliphatic carbocycles. The summed E-state index contributed by atoms with van der Waals surface area (Å²) in [5.41, 5.74) is 0.833. The van der Waals surface area contributed by atoms with E-state index in [1.54, 1.807) is 0 Å². The highest BCUT2D eigenvalue weighted by molar-refractivity contribution is 7.71. The average molecular weight is 205 g/mol. The molecular weight excluding hydrogens is 196 g/mol. The molecule has 0 saturated carbocycles. The highest BCUT2D eigenvalue weighted by atomic mass is 32.2.